The van der Waals surface area contributed by atoms with Gasteiger partial charge >= 0.3 is 0 Å². The normalized spacial score (nSPS) is 11.9. The van der Waals surface area contributed by atoms with Gasteiger partial charge in [0.25, 0.3) is 5.91 Å². The highest BCUT2D eigenvalue weighted by Crippen LogP contribution is 2.24. The minimum absolute atomic E-state index is 0.0173. The van der Waals surface area contributed by atoms with Crippen LogP contribution in [0.25, 0.3) is 11.0 Å². The van der Waals surface area contributed by atoms with Crippen LogP contribution in [0.5, 0.6) is 0 Å². The topological polar surface area (TPSA) is 108 Å². The van der Waals surface area contributed by atoms with Gasteiger partial charge in [0.2, 0.25) is 10.0 Å². The molecule has 0 spiro atoms. The first-order valence-electron chi connectivity index (χ1n) is 7.54. The average Bonchev–Trinajstić information content (AvgIpc) is 2.95. The number of hydrogen-bond donors (Lipinski definition) is 2. The third-order valence-electron chi connectivity index (χ3n) is 3.82. The summed E-state index contributed by atoms with van der Waals surface area (Å²) in [4.78, 5) is 16.7. The van der Waals surface area contributed by atoms with Crippen molar-refractivity contribution in [2.75, 3.05) is 19.4 Å². The number of H-pyrrole nitrogens is 1. The minimum atomic E-state index is -3.68. The predicted molar refractivity (Wildman–Crippen MR) is 98.9 cm³/mol. The second-order valence-electron chi connectivity index (χ2n) is 5.83. The van der Waals surface area contributed by atoms with E-state index >= 15 is 0 Å². The number of aromatic amines is 1. The first-order chi connectivity index (χ1) is 12.2. The van der Waals surface area contributed by atoms with Gasteiger partial charge in [-0.25, -0.2) is 17.7 Å². The molecule has 0 aliphatic carbocycles. The van der Waals surface area contributed by atoms with Crippen molar-refractivity contribution in [1.29, 1.82) is 0 Å². The zero-order valence-electron chi connectivity index (χ0n) is 14.2. The number of fused-ring (bicyclic) bond motifs is 1. The van der Waals surface area contributed by atoms with Gasteiger partial charge in [0.1, 0.15) is 0 Å². The lowest BCUT2D eigenvalue weighted by Crippen LogP contribution is -2.23. The molecular weight excluding hydrogens is 378 g/mol. The van der Waals surface area contributed by atoms with E-state index in [4.69, 9.17) is 11.6 Å². The summed E-state index contributed by atoms with van der Waals surface area (Å²) in [5.74, 6) is -0.534. The van der Waals surface area contributed by atoms with E-state index in [1.54, 1.807) is 6.07 Å². The first-order valence-corrected chi connectivity index (χ1v) is 9.36. The Kier molecular flexibility index (Phi) is 4.70. The molecule has 136 valence electrons. The molecule has 3 aromatic rings. The summed E-state index contributed by atoms with van der Waals surface area (Å²) >= 11 is 6.09. The van der Waals surface area contributed by atoms with Crippen LogP contribution in [0.2, 0.25) is 5.02 Å². The van der Waals surface area contributed by atoms with Crippen LogP contribution >= 0.6 is 11.6 Å². The van der Waals surface area contributed by atoms with Crippen LogP contribution in [0, 0.1) is 6.92 Å². The molecule has 0 saturated heterocycles. The van der Waals surface area contributed by atoms with Gasteiger partial charge in [0.15, 0.2) is 5.65 Å². The van der Waals surface area contributed by atoms with Gasteiger partial charge < -0.3 is 5.32 Å². The van der Waals surface area contributed by atoms with Crippen LogP contribution in [-0.2, 0) is 10.0 Å². The smallest absolute Gasteiger partial charge is 0.257 e. The molecule has 0 unspecified atom stereocenters. The highest BCUT2D eigenvalue weighted by atomic mass is 35.5. The Balaban J connectivity index is 1.95. The summed E-state index contributed by atoms with van der Waals surface area (Å²) in [6.45, 7) is 1.84. The fraction of sp³-hybridized carbons (Fsp3) is 0.188. The molecule has 0 bridgehead atoms. The Morgan fingerprint density at radius 2 is 2.00 bits per heavy atom. The zero-order chi connectivity index (χ0) is 19.1. The lowest BCUT2D eigenvalue weighted by atomic mass is 10.2. The zero-order valence-corrected chi connectivity index (χ0v) is 15.8. The van der Waals surface area contributed by atoms with Crippen molar-refractivity contribution >= 4 is 44.3 Å². The number of hydrogen-bond acceptors (Lipinski definition) is 5. The summed E-state index contributed by atoms with van der Waals surface area (Å²) in [5, 5.41) is 10.4. The number of nitrogens with one attached hydrogen (secondary N) is 2. The molecule has 0 aliphatic heterocycles. The number of aromatic nitrogens is 3. The fourth-order valence-corrected chi connectivity index (χ4v) is 3.47. The quantitative estimate of drug-likeness (QED) is 0.707. The molecule has 2 heterocycles. The third-order valence-corrected chi connectivity index (χ3v) is 5.96. The van der Waals surface area contributed by atoms with Crippen molar-refractivity contribution < 1.29 is 13.2 Å². The Hall–Kier alpha value is -2.49. The lowest BCUT2D eigenvalue weighted by molar-refractivity contribution is 0.102. The number of sulfonamides is 1. The molecule has 2 aromatic heterocycles. The Morgan fingerprint density at radius 3 is 2.69 bits per heavy atom. The van der Waals surface area contributed by atoms with Crippen LogP contribution in [0.15, 0.2) is 35.4 Å². The largest absolute Gasteiger partial charge is 0.321 e. The van der Waals surface area contributed by atoms with Crippen LogP contribution in [0.1, 0.15) is 16.1 Å². The van der Waals surface area contributed by atoms with E-state index in [-0.39, 0.29) is 15.5 Å². The van der Waals surface area contributed by atoms with Crippen LogP contribution < -0.4 is 5.32 Å². The van der Waals surface area contributed by atoms with Crippen molar-refractivity contribution in [2.45, 2.75) is 11.8 Å². The number of amides is 1. The summed E-state index contributed by atoms with van der Waals surface area (Å²) in [7, 11) is -0.850. The lowest BCUT2D eigenvalue weighted by Gasteiger charge is -2.13. The Labute approximate surface area is 155 Å². The highest BCUT2D eigenvalue weighted by molar-refractivity contribution is 7.89. The number of carbonyl (C=O) groups excluding carboxylic acids is 1. The molecule has 1 aromatic carbocycles. The van der Waals surface area contributed by atoms with Gasteiger partial charge in [-0.15, -0.1) is 0 Å². The summed E-state index contributed by atoms with van der Waals surface area (Å²) in [5.41, 5.74) is 1.86. The number of halogens is 1. The van der Waals surface area contributed by atoms with Gasteiger partial charge in [-0.1, -0.05) is 11.6 Å². The summed E-state index contributed by atoms with van der Waals surface area (Å²) < 4.78 is 25.6. The summed E-state index contributed by atoms with van der Waals surface area (Å²) in [6, 6.07) is 5.72. The molecular formula is C16H16ClN5O3S. The van der Waals surface area contributed by atoms with Crippen molar-refractivity contribution in [3.05, 3.63) is 46.7 Å². The molecule has 8 nitrogen and oxygen atoms in total. The summed E-state index contributed by atoms with van der Waals surface area (Å²) in [6.07, 6.45) is 1.47. The van der Waals surface area contributed by atoms with E-state index in [1.165, 1.54) is 38.5 Å². The Bertz CT molecular complexity index is 1110. The maximum Gasteiger partial charge on any atom is 0.257 e. The van der Waals surface area contributed by atoms with Gasteiger partial charge in [0.05, 0.1) is 27.4 Å². The maximum atomic E-state index is 12.6. The molecule has 26 heavy (non-hydrogen) atoms. The van der Waals surface area contributed by atoms with Crippen molar-refractivity contribution in [3.63, 3.8) is 0 Å². The van der Waals surface area contributed by atoms with Gasteiger partial charge in [-0.05, 0) is 31.2 Å². The third kappa shape index (κ3) is 3.28. The monoisotopic (exact) mass is 393 g/mol. The number of benzene rings is 1. The van der Waals surface area contributed by atoms with Gasteiger partial charge in [-0.3, -0.25) is 9.89 Å². The molecule has 0 aliphatic rings. The van der Waals surface area contributed by atoms with Crippen molar-refractivity contribution in [1.82, 2.24) is 19.5 Å². The highest BCUT2D eigenvalue weighted by Gasteiger charge is 2.21. The van der Waals surface area contributed by atoms with E-state index in [1.807, 2.05) is 6.92 Å². The number of nitrogens with zero attached hydrogens (tertiary/aromatic N) is 3. The number of rotatable bonds is 4. The molecule has 0 atom stereocenters. The number of aryl methyl sites for hydroxylation is 1. The van der Waals surface area contributed by atoms with E-state index < -0.39 is 15.9 Å². The minimum Gasteiger partial charge on any atom is -0.321 e. The molecule has 0 fully saturated rings. The standard InChI is InChI=1S/C16H16ClN5O3S/c1-9-12-6-10(8-18-15(12)21-20-9)19-16(23)13-7-11(4-5-14(13)17)26(24,25)22(2)3/h4-8H,1-3H3,(H,19,23)(H,18,20,21). The molecule has 2 N–H and O–H groups in total. The number of pyridine rings is 1. The van der Waals surface area contributed by atoms with Crippen molar-refractivity contribution in [2.24, 2.45) is 0 Å². The fourth-order valence-electron chi connectivity index (χ4n) is 2.34. The number of anilines is 1. The average molecular weight is 394 g/mol. The molecule has 0 saturated carbocycles. The second kappa shape index (κ2) is 6.67. The van der Waals surface area contributed by atoms with E-state index in [0.717, 1.165) is 15.4 Å². The Morgan fingerprint density at radius 1 is 1.27 bits per heavy atom. The van der Waals surface area contributed by atoms with E-state index in [2.05, 4.69) is 20.5 Å². The van der Waals surface area contributed by atoms with Crippen molar-refractivity contribution in [3.8, 4) is 0 Å². The number of carbonyl (C=O) groups is 1. The van der Waals surface area contributed by atoms with Gasteiger partial charge in [-0.2, -0.15) is 5.10 Å². The maximum absolute atomic E-state index is 12.6. The molecule has 3 rings (SSSR count). The van der Waals surface area contributed by atoms with E-state index in [0.29, 0.717) is 11.3 Å². The molecule has 1 amide bonds. The SMILES string of the molecule is Cc1[nH]nc2ncc(NC(=O)c3cc(S(=O)(=O)N(C)C)ccc3Cl)cc12. The first kappa shape index (κ1) is 18.3. The van der Waals surface area contributed by atoms with Crippen LogP contribution in [-0.4, -0.2) is 47.9 Å². The van der Waals surface area contributed by atoms with E-state index in [9.17, 15) is 13.2 Å². The molecule has 10 heteroatoms. The molecule has 0 radical (unpaired) electrons. The second-order valence-corrected chi connectivity index (χ2v) is 8.39. The van der Waals surface area contributed by atoms with Gasteiger partial charge in [0, 0.05) is 25.2 Å². The van der Waals surface area contributed by atoms with Crippen LogP contribution in [0.3, 0.4) is 0 Å². The van der Waals surface area contributed by atoms with Crippen LogP contribution in [0.4, 0.5) is 5.69 Å². The predicted octanol–water partition coefficient (Wildman–Crippen LogP) is 2.42.